The molecule has 1 aromatic rings. The molecule has 0 spiro atoms. The summed E-state index contributed by atoms with van der Waals surface area (Å²) in [5, 5.41) is 19.3. The van der Waals surface area contributed by atoms with E-state index in [9.17, 15) is 14.4 Å². The molecule has 0 aliphatic carbocycles. The van der Waals surface area contributed by atoms with Crippen LogP contribution in [0.3, 0.4) is 0 Å². The maximum absolute atomic E-state index is 12.5. The first-order valence-corrected chi connectivity index (χ1v) is 8.59. The van der Waals surface area contributed by atoms with Gasteiger partial charge >= 0.3 is 18.2 Å². The average Bonchev–Trinajstić information content (AvgIpc) is 2.49. The third kappa shape index (κ3) is 8.07. The zero-order valence-corrected chi connectivity index (χ0v) is 17.0. The fourth-order valence-electron chi connectivity index (χ4n) is 1.95. The monoisotopic (exact) mass is 393 g/mol. The van der Waals surface area contributed by atoms with E-state index in [4.69, 9.17) is 20.0 Å². The number of rotatable bonds is 3. The van der Waals surface area contributed by atoms with E-state index in [1.54, 1.807) is 41.5 Å². The lowest BCUT2D eigenvalue weighted by Crippen LogP contribution is -2.49. The van der Waals surface area contributed by atoms with Gasteiger partial charge in [0.15, 0.2) is 0 Å². The minimum Gasteiger partial charge on any atom is -0.478 e. The number of hydrogen-bond donors (Lipinski definition) is 3. The summed E-state index contributed by atoms with van der Waals surface area (Å²) in [5.41, 5.74) is -0.941. The van der Waals surface area contributed by atoms with E-state index in [0.717, 1.165) is 4.90 Å². The number of amides is 2. The normalized spacial score (nSPS) is 11.4. The van der Waals surface area contributed by atoms with Crippen LogP contribution in [0.15, 0.2) is 24.3 Å². The first-order valence-electron chi connectivity index (χ1n) is 8.59. The molecular weight excluding hydrogens is 366 g/mol. The van der Waals surface area contributed by atoms with Crippen molar-refractivity contribution in [2.75, 3.05) is 0 Å². The molecule has 1 rings (SSSR count). The van der Waals surface area contributed by atoms with Crippen LogP contribution in [-0.4, -0.2) is 45.3 Å². The topological polar surface area (TPSA) is 129 Å². The number of benzene rings is 1. The van der Waals surface area contributed by atoms with Crippen LogP contribution >= 0.6 is 0 Å². The van der Waals surface area contributed by atoms with Crippen molar-refractivity contribution < 1.29 is 29.0 Å². The van der Waals surface area contributed by atoms with Crippen molar-refractivity contribution in [1.82, 2.24) is 10.2 Å². The number of carbonyl (C=O) groups is 3. The van der Waals surface area contributed by atoms with Gasteiger partial charge in [-0.05, 0) is 59.2 Å². The van der Waals surface area contributed by atoms with Crippen molar-refractivity contribution in [3.63, 3.8) is 0 Å². The molecule has 2 amide bonds. The van der Waals surface area contributed by atoms with Crippen LogP contribution in [0.2, 0.25) is 0 Å². The zero-order valence-electron chi connectivity index (χ0n) is 17.0. The van der Waals surface area contributed by atoms with E-state index >= 15 is 0 Å². The van der Waals surface area contributed by atoms with Crippen molar-refractivity contribution in [2.45, 2.75) is 59.3 Å². The third-order valence-corrected chi connectivity index (χ3v) is 3.04. The Hall–Kier alpha value is -3.10. The first kappa shape index (κ1) is 22.9. The fourth-order valence-corrected chi connectivity index (χ4v) is 1.95. The van der Waals surface area contributed by atoms with E-state index in [0.29, 0.717) is 5.56 Å². The highest BCUT2D eigenvalue weighted by Crippen LogP contribution is 2.14. The van der Waals surface area contributed by atoms with Gasteiger partial charge in [0.25, 0.3) is 0 Å². The second-order valence-electron chi connectivity index (χ2n) is 8.04. The number of hydrogen-bond acceptors (Lipinski definition) is 6. The highest BCUT2D eigenvalue weighted by atomic mass is 16.6. The van der Waals surface area contributed by atoms with Gasteiger partial charge in [-0.3, -0.25) is 10.7 Å². The molecule has 0 atom stereocenters. The molecule has 0 aliphatic heterocycles. The second kappa shape index (κ2) is 8.73. The Morgan fingerprint density at radius 2 is 1.50 bits per heavy atom. The maximum Gasteiger partial charge on any atom is 0.417 e. The van der Waals surface area contributed by atoms with Gasteiger partial charge in [-0.2, -0.15) is 0 Å². The lowest BCUT2D eigenvalue weighted by molar-refractivity contribution is 0.0346. The lowest BCUT2D eigenvalue weighted by atomic mass is 10.1. The van der Waals surface area contributed by atoms with Crippen LogP contribution in [0, 0.1) is 5.41 Å². The number of guanidine groups is 1. The molecule has 0 bridgehead atoms. The van der Waals surface area contributed by atoms with Crippen molar-refractivity contribution in [3.05, 3.63) is 35.4 Å². The minimum atomic E-state index is -1.07. The zero-order chi connectivity index (χ0) is 21.7. The van der Waals surface area contributed by atoms with Crippen molar-refractivity contribution >= 4 is 24.1 Å². The number of alkyl carbamates (subject to hydrolysis) is 1. The minimum absolute atomic E-state index is 0.0922. The summed E-state index contributed by atoms with van der Waals surface area (Å²) in [6.07, 6.45) is -1.72. The highest BCUT2D eigenvalue weighted by Gasteiger charge is 2.27. The van der Waals surface area contributed by atoms with Crippen LogP contribution in [0.4, 0.5) is 9.59 Å². The third-order valence-electron chi connectivity index (χ3n) is 3.04. The van der Waals surface area contributed by atoms with Gasteiger partial charge in [-0.15, -0.1) is 0 Å². The van der Waals surface area contributed by atoms with E-state index in [-0.39, 0.29) is 12.1 Å². The fraction of sp³-hybridized carbons (Fsp3) is 0.474. The number of carboxylic acid groups (broad SMARTS) is 1. The van der Waals surface area contributed by atoms with Gasteiger partial charge in [0.05, 0.1) is 12.1 Å². The Morgan fingerprint density at radius 3 is 1.93 bits per heavy atom. The first-order chi connectivity index (χ1) is 12.7. The molecule has 0 unspecified atom stereocenters. The quantitative estimate of drug-likeness (QED) is 0.532. The van der Waals surface area contributed by atoms with Gasteiger partial charge in [-0.25, -0.2) is 19.3 Å². The molecule has 0 radical (unpaired) electrons. The van der Waals surface area contributed by atoms with Gasteiger partial charge in [-0.1, -0.05) is 12.1 Å². The van der Waals surface area contributed by atoms with Gasteiger partial charge in [0, 0.05) is 0 Å². The van der Waals surface area contributed by atoms with Crippen LogP contribution in [0.5, 0.6) is 0 Å². The van der Waals surface area contributed by atoms with Gasteiger partial charge < -0.3 is 14.6 Å². The van der Waals surface area contributed by atoms with Crippen molar-refractivity contribution in [2.24, 2.45) is 0 Å². The Labute approximate surface area is 164 Å². The Kier molecular flexibility index (Phi) is 7.15. The highest BCUT2D eigenvalue weighted by molar-refractivity contribution is 5.99. The number of carbonyl (C=O) groups excluding carboxylic acids is 2. The van der Waals surface area contributed by atoms with Crippen LogP contribution in [0.25, 0.3) is 0 Å². The lowest BCUT2D eigenvalue weighted by Gasteiger charge is -2.28. The van der Waals surface area contributed by atoms with Crippen molar-refractivity contribution in [3.8, 4) is 0 Å². The van der Waals surface area contributed by atoms with E-state index in [1.165, 1.54) is 24.3 Å². The predicted octanol–water partition coefficient (Wildman–Crippen LogP) is 3.58. The summed E-state index contributed by atoms with van der Waals surface area (Å²) in [7, 11) is 0. The molecule has 9 heteroatoms. The number of nitrogens with one attached hydrogen (secondary N) is 2. The molecule has 0 aromatic heterocycles. The SMILES string of the molecule is CC(C)(C)OC(=O)NC(=N)N(Cc1ccc(C(=O)O)cc1)C(=O)OC(C)(C)C. The van der Waals surface area contributed by atoms with E-state index in [2.05, 4.69) is 5.32 Å². The number of aromatic carboxylic acids is 1. The number of carboxylic acids is 1. The predicted molar refractivity (Wildman–Crippen MR) is 102 cm³/mol. The molecule has 1 aromatic carbocycles. The maximum atomic E-state index is 12.5. The summed E-state index contributed by atoms with van der Waals surface area (Å²) < 4.78 is 10.4. The summed E-state index contributed by atoms with van der Waals surface area (Å²) in [6.45, 7) is 9.94. The summed E-state index contributed by atoms with van der Waals surface area (Å²) in [6, 6.07) is 5.80. The summed E-state index contributed by atoms with van der Waals surface area (Å²) in [4.78, 5) is 36.3. The number of nitrogens with zero attached hydrogens (tertiary/aromatic N) is 1. The molecule has 0 heterocycles. The van der Waals surface area contributed by atoms with Crippen LogP contribution in [0.1, 0.15) is 57.5 Å². The molecule has 3 N–H and O–H groups in total. The van der Waals surface area contributed by atoms with E-state index < -0.39 is 35.3 Å². The van der Waals surface area contributed by atoms with Crippen LogP contribution < -0.4 is 5.32 Å². The van der Waals surface area contributed by atoms with Crippen LogP contribution in [-0.2, 0) is 16.0 Å². The smallest absolute Gasteiger partial charge is 0.417 e. The molecular formula is C19H27N3O6. The molecule has 0 aliphatic rings. The molecule has 9 nitrogen and oxygen atoms in total. The average molecular weight is 393 g/mol. The molecule has 0 saturated heterocycles. The molecule has 0 saturated carbocycles. The van der Waals surface area contributed by atoms with E-state index in [1.807, 2.05) is 0 Å². The standard InChI is InChI=1S/C19H27N3O6/c1-18(2,3)27-16(25)21-15(20)22(17(26)28-19(4,5)6)11-12-7-9-13(10-8-12)14(23)24/h7-10H,11H2,1-6H3,(H,23,24)(H2,20,21,25). The second-order valence-corrected chi connectivity index (χ2v) is 8.04. The van der Waals surface area contributed by atoms with Gasteiger partial charge in [0.1, 0.15) is 11.2 Å². The Morgan fingerprint density at radius 1 is 1.00 bits per heavy atom. The summed E-state index contributed by atoms with van der Waals surface area (Å²) in [5.74, 6) is -1.60. The van der Waals surface area contributed by atoms with Crippen molar-refractivity contribution in [1.29, 1.82) is 5.41 Å². The molecule has 0 fully saturated rings. The Balaban J connectivity index is 3.01. The molecule has 28 heavy (non-hydrogen) atoms. The Bertz CT molecular complexity index is 744. The van der Waals surface area contributed by atoms with Gasteiger partial charge in [0.2, 0.25) is 5.96 Å². The largest absolute Gasteiger partial charge is 0.478 e. The number of ether oxygens (including phenoxy) is 2. The summed E-state index contributed by atoms with van der Waals surface area (Å²) >= 11 is 0. The molecule has 154 valence electrons.